The first-order chi connectivity index (χ1) is 16.5. The Morgan fingerprint density at radius 3 is 2.15 bits per heavy atom. The number of sulfonamides is 1. The molecule has 0 saturated carbocycles. The Bertz CT molecular complexity index is 1450. The molecule has 0 spiro atoms. The Kier molecular flexibility index (Phi) is 6.12. The van der Waals surface area contributed by atoms with Crippen molar-refractivity contribution in [1.82, 2.24) is 14.2 Å². The maximum absolute atomic E-state index is 13.2. The first-order valence-corrected chi connectivity index (χ1v) is 12.7. The standard InChI is InChI=1S/C26H27N3O4S/c1-32-25-12-11-19(17-26(25)33-2)34(30,31)29-15-13-28(14-16-29)18-24-22-9-4-3-7-20(22)21-8-5-6-10-23(21)27-24/h3-12,17H,13-16,18H2,1-2H3. The molecule has 5 rings (SSSR count). The number of benzene rings is 3. The summed E-state index contributed by atoms with van der Waals surface area (Å²) in [6.07, 6.45) is 0. The van der Waals surface area contributed by atoms with Crippen molar-refractivity contribution in [2.45, 2.75) is 11.4 Å². The fraction of sp³-hybridized carbons (Fsp3) is 0.269. The van der Waals surface area contributed by atoms with Gasteiger partial charge in [0.05, 0.1) is 30.3 Å². The number of fused-ring (bicyclic) bond motifs is 3. The molecule has 7 nitrogen and oxygen atoms in total. The lowest BCUT2D eigenvalue weighted by Crippen LogP contribution is -2.48. The zero-order chi connectivity index (χ0) is 23.7. The second-order valence-corrected chi connectivity index (χ2v) is 10.3. The summed E-state index contributed by atoms with van der Waals surface area (Å²) in [4.78, 5) is 7.43. The highest BCUT2D eigenvalue weighted by atomic mass is 32.2. The van der Waals surface area contributed by atoms with E-state index in [1.165, 1.54) is 30.0 Å². The molecule has 1 aliphatic rings. The van der Waals surface area contributed by atoms with Crippen molar-refractivity contribution in [3.8, 4) is 11.5 Å². The lowest BCUT2D eigenvalue weighted by atomic mass is 10.0. The van der Waals surface area contributed by atoms with E-state index in [9.17, 15) is 8.42 Å². The van der Waals surface area contributed by atoms with Gasteiger partial charge in [-0.25, -0.2) is 8.42 Å². The van der Waals surface area contributed by atoms with Crippen LogP contribution in [0.15, 0.2) is 71.6 Å². The summed E-state index contributed by atoms with van der Waals surface area (Å²) in [5.74, 6) is 0.901. The lowest BCUT2D eigenvalue weighted by Gasteiger charge is -2.34. The highest BCUT2D eigenvalue weighted by Gasteiger charge is 2.29. The summed E-state index contributed by atoms with van der Waals surface area (Å²) in [5, 5.41) is 3.48. The average Bonchev–Trinajstić information content (AvgIpc) is 2.88. The number of ether oxygens (including phenoxy) is 2. The fourth-order valence-corrected chi connectivity index (χ4v) is 6.00. The molecule has 0 amide bonds. The minimum atomic E-state index is -3.62. The number of para-hydroxylation sites is 1. The molecule has 1 aliphatic heterocycles. The highest BCUT2D eigenvalue weighted by Crippen LogP contribution is 2.31. The highest BCUT2D eigenvalue weighted by molar-refractivity contribution is 7.89. The zero-order valence-electron chi connectivity index (χ0n) is 19.3. The summed E-state index contributed by atoms with van der Waals surface area (Å²) in [7, 11) is -0.600. The molecule has 0 atom stereocenters. The second kappa shape index (κ2) is 9.21. The quantitative estimate of drug-likeness (QED) is 0.392. The van der Waals surface area contributed by atoms with Gasteiger partial charge >= 0.3 is 0 Å². The van der Waals surface area contributed by atoms with E-state index in [-0.39, 0.29) is 4.90 Å². The molecule has 1 aromatic heterocycles. The first kappa shape index (κ1) is 22.6. The normalized spacial score (nSPS) is 15.6. The Balaban J connectivity index is 1.34. The predicted molar refractivity (Wildman–Crippen MR) is 133 cm³/mol. The van der Waals surface area contributed by atoms with Crippen LogP contribution in [0.2, 0.25) is 0 Å². The summed E-state index contributed by atoms with van der Waals surface area (Å²) in [6, 6.07) is 21.2. The van der Waals surface area contributed by atoms with Crippen molar-refractivity contribution in [3.05, 3.63) is 72.4 Å². The largest absolute Gasteiger partial charge is 0.493 e. The van der Waals surface area contributed by atoms with Gasteiger partial charge in [0, 0.05) is 49.6 Å². The predicted octanol–water partition coefficient (Wildman–Crippen LogP) is 3.91. The monoisotopic (exact) mass is 477 g/mol. The van der Waals surface area contributed by atoms with Gasteiger partial charge in [-0.1, -0.05) is 42.5 Å². The average molecular weight is 478 g/mol. The number of rotatable bonds is 6. The van der Waals surface area contributed by atoms with Crippen LogP contribution < -0.4 is 9.47 Å². The molecule has 1 fully saturated rings. The van der Waals surface area contributed by atoms with Gasteiger partial charge in [-0.05, 0) is 23.6 Å². The Hall–Kier alpha value is -3.20. The van der Waals surface area contributed by atoms with Crippen LogP contribution in [0.5, 0.6) is 11.5 Å². The van der Waals surface area contributed by atoms with Crippen molar-refractivity contribution in [2.24, 2.45) is 0 Å². The maximum atomic E-state index is 13.2. The third-order valence-electron chi connectivity index (χ3n) is 6.39. The summed E-state index contributed by atoms with van der Waals surface area (Å²) < 4.78 is 38.5. The molecule has 0 radical (unpaired) electrons. The summed E-state index contributed by atoms with van der Waals surface area (Å²) in [5.41, 5.74) is 2.00. The van der Waals surface area contributed by atoms with E-state index < -0.39 is 10.0 Å². The smallest absolute Gasteiger partial charge is 0.243 e. The molecule has 34 heavy (non-hydrogen) atoms. The molecule has 176 valence electrons. The van der Waals surface area contributed by atoms with E-state index in [0.717, 1.165) is 22.0 Å². The number of hydrogen-bond acceptors (Lipinski definition) is 6. The first-order valence-electron chi connectivity index (χ1n) is 11.2. The summed E-state index contributed by atoms with van der Waals surface area (Å²) in [6.45, 7) is 2.78. The van der Waals surface area contributed by atoms with Crippen LogP contribution in [-0.4, -0.2) is 63.0 Å². The molecular weight excluding hydrogens is 450 g/mol. The number of methoxy groups -OCH3 is 2. The minimum Gasteiger partial charge on any atom is -0.493 e. The number of aromatic nitrogens is 1. The third-order valence-corrected chi connectivity index (χ3v) is 8.28. The van der Waals surface area contributed by atoms with Crippen LogP contribution in [-0.2, 0) is 16.6 Å². The van der Waals surface area contributed by atoms with Gasteiger partial charge in [-0.3, -0.25) is 9.88 Å². The van der Waals surface area contributed by atoms with Gasteiger partial charge in [0.1, 0.15) is 0 Å². The molecule has 0 N–H and O–H groups in total. The number of piperazine rings is 1. The second-order valence-electron chi connectivity index (χ2n) is 8.32. The van der Waals surface area contributed by atoms with Crippen molar-refractivity contribution in [2.75, 3.05) is 40.4 Å². The van der Waals surface area contributed by atoms with E-state index in [4.69, 9.17) is 14.5 Å². The van der Waals surface area contributed by atoms with Gasteiger partial charge in [-0.2, -0.15) is 4.31 Å². The van der Waals surface area contributed by atoms with Crippen LogP contribution in [0.3, 0.4) is 0 Å². The van der Waals surface area contributed by atoms with Crippen LogP contribution >= 0.6 is 0 Å². The molecule has 0 bridgehead atoms. The summed E-state index contributed by atoms with van der Waals surface area (Å²) >= 11 is 0. The lowest BCUT2D eigenvalue weighted by molar-refractivity contribution is 0.180. The van der Waals surface area contributed by atoms with Crippen LogP contribution in [0.4, 0.5) is 0 Å². The topological polar surface area (TPSA) is 72.0 Å². The molecule has 4 aromatic rings. The van der Waals surface area contributed by atoms with Crippen molar-refractivity contribution in [1.29, 1.82) is 0 Å². The molecule has 8 heteroatoms. The van der Waals surface area contributed by atoms with Crippen LogP contribution in [0.25, 0.3) is 21.7 Å². The van der Waals surface area contributed by atoms with Crippen molar-refractivity contribution >= 4 is 31.7 Å². The van der Waals surface area contributed by atoms with Crippen LogP contribution in [0, 0.1) is 0 Å². The Labute approximate surface area is 199 Å². The van der Waals surface area contributed by atoms with Gasteiger partial charge in [0.2, 0.25) is 10.0 Å². The van der Waals surface area contributed by atoms with E-state index >= 15 is 0 Å². The SMILES string of the molecule is COc1ccc(S(=O)(=O)N2CCN(Cc3nc4ccccc4c4ccccc34)CC2)cc1OC. The fourth-order valence-electron chi connectivity index (χ4n) is 4.56. The maximum Gasteiger partial charge on any atom is 0.243 e. The van der Waals surface area contributed by atoms with E-state index in [1.807, 2.05) is 24.3 Å². The van der Waals surface area contributed by atoms with Gasteiger partial charge in [0.15, 0.2) is 11.5 Å². The van der Waals surface area contributed by atoms with Crippen molar-refractivity contribution < 1.29 is 17.9 Å². The van der Waals surface area contributed by atoms with Gasteiger partial charge in [-0.15, -0.1) is 0 Å². The zero-order valence-corrected chi connectivity index (χ0v) is 20.1. The molecular formula is C26H27N3O4S. The molecule has 1 saturated heterocycles. The van der Waals surface area contributed by atoms with E-state index in [0.29, 0.717) is 44.2 Å². The molecule has 2 heterocycles. The minimum absolute atomic E-state index is 0.209. The van der Waals surface area contributed by atoms with Gasteiger partial charge in [0.25, 0.3) is 0 Å². The van der Waals surface area contributed by atoms with E-state index in [2.05, 4.69) is 29.2 Å². The van der Waals surface area contributed by atoms with Crippen LogP contribution in [0.1, 0.15) is 5.69 Å². The third kappa shape index (κ3) is 4.09. The Morgan fingerprint density at radius 2 is 1.44 bits per heavy atom. The number of hydrogen-bond donors (Lipinski definition) is 0. The molecule has 0 aliphatic carbocycles. The molecule has 0 unspecified atom stereocenters. The number of pyridine rings is 1. The van der Waals surface area contributed by atoms with E-state index in [1.54, 1.807) is 12.1 Å². The Morgan fingerprint density at radius 1 is 0.794 bits per heavy atom. The molecule has 3 aromatic carbocycles. The van der Waals surface area contributed by atoms with Crippen molar-refractivity contribution in [3.63, 3.8) is 0 Å². The number of nitrogens with zero attached hydrogens (tertiary/aromatic N) is 3. The van der Waals surface area contributed by atoms with Gasteiger partial charge < -0.3 is 9.47 Å².